The third-order valence-corrected chi connectivity index (χ3v) is 9.07. The van der Waals surface area contributed by atoms with Gasteiger partial charge < -0.3 is 24.8 Å². The quantitative estimate of drug-likeness (QED) is 0.350. The fourth-order valence-corrected chi connectivity index (χ4v) is 6.65. The van der Waals surface area contributed by atoms with E-state index < -0.39 is 29.6 Å². The molecule has 0 aliphatic carbocycles. The first-order valence-electron chi connectivity index (χ1n) is 15.6. The number of piperazine rings is 1. The van der Waals surface area contributed by atoms with E-state index in [0.29, 0.717) is 62.0 Å². The van der Waals surface area contributed by atoms with Crippen LogP contribution < -0.4 is 10.2 Å². The molecule has 4 aliphatic rings. The van der Waals surface area contributed by atoms with Crippen LogP contribution in [-0.4, -0.2) is 104 Å². The highest BCUT2D eigenvalue weighted by atomic mass is 19.2. The fourth-order valence-electron chi connectivity index (χ4n) is 6.65. The molecular formula is C34H36F2N6O6. The largest absolute Gasteiger partial charge is 0.481 e. The number of ether oxygens (including phenoxy) is 2. The Hall–Kier alpha value is -4.95. The number of carbonyl (C=O) groups is 3. The van der Waals surface area contributed by atoms with Crippen molar-refractivity contribution in [3.63, 3.8) is 0 Å². The number of nitrogens with zero attached hydrogens (tertiary/aromatic N) is 5. The first-order valence-corrected chi connectivity index (χ1v) is 15.6. The summed E-state index contributed by atoms with van der Waals surface area (Å²) in [6, 6.07) is 9.12. The average Bonchev–Trinajstić information content (AvgIpc) is 3.74. The molecule has 14 heteroatoms. The molecule has 0 aromatic heterocycles. The first kappa shape index (κ1) is 33.0. The number of carboxylic acid groups (broad SMARTS) is 1. The Morgan fingerprint density at radius 3 is 2.54 bits per heavy atom. The monoisotopic (exact) mass is 662 g/mol. The van der Waals surface area contributed by atoms with Crippen LogP contribution in [0.2, 0.25) is 0 Å². The molecule has 4 aliphatic heterocycles. The van der Waals surface area contributed by atoms with E-state index in [9.17, 15) is 23.2 Å². The number of halogens is 2. The van der Waals surface area contributed by atoms with Crippen molar-refractivity contribution in [1.29, 1.82) is 0 Å². The molecule has 2 amide bonds. The lowest BCUT2D eigenvalue weighted by atomic mass is 9.94. The molecule has 48 heavy (non-hydrogen) atoms. The second-order valence-corrected chi connectivity index (χ2v) is 11.9. The molecule has 2 N–H and O–H groups in total. The standard InChI is InChI=1S/C34H36F2N6O6/c1-47-19-28-27-18-42(22-9-5-20(6-10-22)7-12-29(43)44)34(46)41(27)15-14-40(28)17-26-30(33(45)48-2)31(21-8-11-23(35)24(36)16-21)39-32(38-26)25-4-3-13-37-25/h3,5-6,8-11,13,16,27-28,31H,4,7,12,14-15,17-19H2,1-2H3,(H,38,39)(H,43,44)/t27-,28-,31+/m1/s1. The summed E-state index contributed by atoms with van der Waals surface area (Å²) in [5, 5.41) is 12.3. The Morgan fingerprint density at radius 2 is 1.88 bits per heavy atom. The molecule has 0 unspecified atom stereocenters. The molecule has 252 valence electrons. The van der Waals surface area contributed by atoms with Crippen molar-refractivity contribution in [2.45, 2.75) is 37.4 Å². The number of benzene rings is 2. The van der Waals surface area contributed by atoms with Gasteiger partial charge in [-0.15, -0.1) is 0 Å². The van der Waals surface area contributed by atoms with E-state index in [-0.39, 0.29) is 42.2 Å². The predicted molar refractivity (Wildman–Crippen MR) is 173 cm³/mol. The second-order valence-electron chi connectivity index (χ2n) is 11.9. The molecule has 0 spiro atoms. The number of aliphatic carboxylic acids is 1. The number of nitrogens with one attached hydrogen (secondary N) is 1. The molecule has 0 saturated carbocycles. The summed E-state index contributed by atoms with van der Waals surface area (Å²) in [6.07, 6.45) is 4.45. The van der Waals surface area contributed by atoms with Gasteiger partial charge in [0, 0.05) is 63.7 Å². The minimum Gasteiger partial charge on any atom is -0.481 e. The van der Waals surface area contributed by atoms with Crippen molar-refractivity contribution < 1.29 is 37.7 Å². The van der Waals surface area contributed by atoms with E-state index in [1.54, 1.807) is 18.2 Å². The summed E-state index contributed by atoms with van der Waals surface area (Å²) < 4.78 is 39.2. The maximum atomic E-state index is 14.5. The highest BCUT2D eigenvalue weighted by molar-refractivity contribution is 6.43. The number of hydrogen-bond acceptors (Lipinski definition) is 9. The lowest BCUT2D eigenvalue weighted by Gasteiger charge is -2.44. The third kappa shape index (κ3) is 6.58. The van der Waals surface area contributed by atoms with Crippen molar-refractivity contribution in [2.75, 3.05) is 51.9 Å². The van der Waals surface area contributed by atoms with Crippen molar-refractivity contribution >= 4 is 35.2 Å². The van der Waals surface area contributed by atoms with Gasteiger partial charge >= 0.3 is 18.0 Å². The van der Waals surface area contributed by atoms with Crippen LogP contribution >= 0.6 is 0 Å². The van der Waals surface area contributed by atoms with Gasteiger partial charge in [-0.2, -0.15) is 0 Å². The number of rotatable bonds is 11. The Balaban J connectivity index is 1.30. The number of amides is 2. The molecule has 2 saturated heterocycles. The van der Waals surface area contributed by atoms with Crippen LogP contribution in [0.5, 0.6) is 0 Å². The van der Waals surface area contributed by atoms with Crippen LogP contribution in [0.25, 0.3) is 0 Å². The number of allylic oxidation sites excluding steroid dienone is 1. The maximum absolute atomic E-state index is 14.5. The Kier molecular flexibility index (Phi) is 9.64. The van der Waals surface area contributed by atoms with Crippen LogP contribution in [0.4, 0.5) is 19.3 Å². The van der Waals surface area contributed by atoms with Gasteiger partial charge in [-0.1, -0.05) is 24.3 Å². The lowest BCUT2D eigenvalue weighted by molar-refractivity contribution is -0.137. The number of hydrogen-bond donors (Lipinski definition) is 2. The number of carboxylic acids is 1. The summed E-state index contributed by atoms with van der Waals surface area (Å²) in [5.41, 5.74) is 3.12. The van der Waals surface area contributed by atoms with Gasteiger partial charge in [0.2, 0.25) is 0 Å². The fraction of sp³-hybridized carbons (Fsp3) is 0.382. The third-order valence-electron chi connectivity index (χ3n) is 9.07. The minimum absolute atomic E-state index is 0.0231. The van der Waals surface area contributed by atoms with E-state index in [0.717, 1.165) is 17.7 Å². The summed E-state index contributed by atoms with van der Waals surface area (Å²) in [4.78, 5) is 52.8. The number of amidine groups is 1. The number of esters is 1. The van der Waals surface area contributed by atoms with Gasteiger partial charge in [0.15, 0.2) is 11.6 Å². The van der Waals surface area contributed by atoms with Crippen LogP contribution in [0, 0.1) is 11.6 Å². The lowest BCUT2D eigenvalue weighted by Crippen LogP contribution is -2.61. The first-order chi connectivity index (χ1) is 23.2. The summed E-state index contributed by atoms with van der Waals surface area (Å²) in [5.74, 6) is -3.20. The smallest absolute Gasteiger partial charge is 0.338 e. The zero-order valence-electron chi connectivity index (χ0n) is 26.6. The molecule has 4 heterocycles. The van der Waals surface area contributed by atoms with Crippen molar-refractivity contribution in [1.82, 2.24) is 15.1 Å². The van der Waals surface area contributed by atoms with Crippen LogP contribution in [0.15, 0.2) is 76.0 Å². The molecule has 6 rings (SSSR count). The van der Waals surface area contributed by atoms with E-state index in [1.807, 2.05) is 35.2 Å². The number of fused-ring (bicyclic) bond motifs is 1. The van der Waals surface area contributed by atoms with Gasteiger partial charge in [-0.25, -0.2) is 18.4 Å². The Morgan fingerprint density at radius 1 is 1.08 bits per heavy atom. The van der Waals surface area contributed by atoms with E-state index in [4.69, 9.17) is 19.6 Å². The summed E-state index contributed by atoms with van der Waals surface area (Å²) in [6.45, 7) is 1.78. The second kappa shape index (κ2) is 14.0. The normalized spacial score (nSPS) is 22.4. The summed E-state index contributed by atoms with van der Waals surface area (Å²) in [7, 11) is 2.85. The van der Waals surface area contributed by atoms with Gasteiger partial charge in [-0.3, -0.25) is 24.6 Å². The summed E-state index contributed by atoms with van der Waals surface area (Å²) >= 11 is 0. The molecule has 0 radical (unpaired) electrons. The highest BCUT2D eigenvalue weighted by Crippen LogP contribution is 2.35. The Bertz CT molecular complexity index is 1720. The minimum atomic E-state index is -1.06. The van der Waals surface area contributed by atoms with Gasteiger partial charge in [0.25, 0.3) is 0 Å². The number of aliphatic imine (C=N–C) groups is 2. The van der Waals surface area contributed by atoms with Gasteiger partial charge in [0.05, 0.1) is 37.1 Å². The van der Waals surface area contributed by atoms with Crippen molar-refractivity contribution in [2.24, 2.45) is 9.98 Å². The van der Waals surface area contributed by atoms with Gasteiger partial charge in [-0.05, 0) is 41.8 Å². The molecular weight excluding hydrogens is 626 g/mol. The molecule has 2 aromatic rings. The van der Waals surface area contributed by atoms with E-state index in [1.165, 1.54) is 13.2 Å². The zero-order chi connectivity index (χ0) is 33.9. The molecule has 2 fully saturated rings. The maximum Gasteiger partial charge on any atom is 0.338 e. The van der Waals surface area contributed by atoms with E-state index in [2.05, 4.69) is 15.2 Å². The Labute approximate surface area is 276 Å². The van der Waals surface area contributed by atoms with Crippen LogP contribution in [-0.2, 0) is 25.5 Å². The van der Waals surface area contributed by atoms with E-state index >= 15 is 0 Å². The van der Waals surface area contributed by atoms with Gasteiger partial charge in [0.1, 0.15) is 11.9 Å². The number of carbonyl (C=O) groups excluding carboxylic acids is 2. The molecule has 2 aromatic carbocycles. The average molecular weight is 663 g/mol. The van der Waals surface area contributed by atoms with Crippen LogP contribution in [0.1, 0.15) is 30.0 Å². The molecule has 12 nitrogen and oxygen atoms in total. The SMILES string of the molecule is COC[C@@H]1[C@H]2CN(c3ccc(CCC(=O)O)cc3)C(=O)N2CCN1CC1=C(C(=O)OC)[C@H](c2ccc(F)c(F)c2)N=C(C2=NC=CC2)N1. The van der Waals surface area contributed by atoms with Crippen molar-refractivity contribution in [3.05, 3.63) is 88.8 Å². The highest BCUT2D eigenvalue weighted by Gasteiger charge is 2.47. The zero-order valence-corrected chi connectivity index (χ0v) is 26.6. The van der Waals surface area contributed by atoms with Crippen LogP contribution in [0.3, 0.4) is 0 Å². The topological polar surface area (TPSA) is 136 Å². The number of urea groups is 1. The number of aryl methyl sites for hydroxylation is 1. The van der Waals surface area contributed by atoms with Crippen molar-refractivity contribution in [3.8, 4) is 0 Å². The molecule has 3 atom stereocenters. The number of anilines is 1. The number of methoxy groups -OCH3 is 2. The predicted octanol–water partition coefficient (Wildman–Crippen LogP) is 3.45. The molecule has 0 bridgehead atoms.